The molecule has 1 aliphatic rings. The topological polar surface area (TPSA) is 32.8 Å². The number of carbonyl (C=O) groups excluding carboxylic acids is 1. The van der Waals surface area contributed by atoms with E-state index >= 15 is 0 Å². The maximum atomic E-state index is 12.6. The zero-order valence-corrected chi connectivity index (χ0v) is 17.0. The van der Waals surface area contributed by atoms with Crippen LogP contribution in [-0.2, 0) is 6.18 Å². The Morgan fingerprint density at radius 3 is 2.18 bits per heavy atom. The summed E-state index contributed by atoms with van der Waals surface area (Å²) in [5.74, 6) is 0.845. The second-order valence-corrected chi connectivity index (χ2v) is 7.97. The van der Waals surface area contributed by atoms with E-state index in [0.29, 0.717) is 0 Å². The van der Waals surface area contributed by atoms with Gasteiger partial charge in [0.25, 0.3) is 0 Å². The first kappa shape index (κ1) is 22.5. The molecule has 0 N–H and O–H groups in total. The summed E-state index contributed by atoms with van der Waals surface area (Å²) in [7, 11) is 5.88. The summed E-state index contributed by atoms with van der Waals surface area (Å²) in [5.41, 5.74) is -0.760. The highest BCUT2D eigenvalue weighted by atomic mass is 19.4. The van der Waals surface area contributed by atoms with Gasteiger partial charge in [-0.2, -0.15) is 13.2 Å². The maximum Gasteiger partial charge on any atom is 0.416 e. The molecule has 0 aromatic heterocycles. The molecule has 1 saturated carbocycles. The second kappa shape index (κ2) is 10.1. The Hall–Kier alpha value is -1.76. The third-order valence-corrected chi connectivity index (χ3v) is 5.51. The van der Waals surface area contributed by atoms with Gasteiger partial charge in [-0.3, -0.25) is 0 Å². The summed E-state index contributed by atoms with van der Waals surface area (Å²) in [6, 6.07) is 4.33. The van der Waals surface area contributed by atoms with Gasteiger partial charge in [-0.1, -0.05) is 12.8 Å². The van der Waals surface area contributed by atoms with Crippen LogP contribution in [0.25, 0.3) is 0 Å². The lowest BCUT2D eigenvalue weighted by Crippen LogP contribution is -2.41. The largest absolute Gasteiger partial charge is 0.416 e. The maximum absolute atomic E-state index is 12.6. The standard InChI is InChI=1S/C21H31F3N2O2/c1-25(2)15-5-4-6-16-7-11-18(12-8-16)26(3)20(27)28-19-13-9-17(10-14-19)21(22,23)24/h9-10,13-14,16,18H,4-8,11-12,15H2,1-3H3. The molecule has 4 nitrogen and oxygen atoms in total. The van der Waals surface area contributed by atoms with Gasteiger partial charge in [-0.25, -0.2) is 4.79 Å². The van der Waals surface area contributed by atoms with Gasteiger partial charge in [-0.05, 0) is 82.9 Å². The van der Waals surface area contributed by atoms with Crippen LogP contribution in [0.1, 0.15) is 50.5 Å². The van der Waals surface area contributed by atoms with Crippen molar-refractivity contribution in [1.82, 2.24) is 9.80 Å². The first-order valence-electron chi connectivity index (χ1n) is 9.93. The smallest absolute Gasteiger partial charge is 0.410 e. The van der Waals surface area contributed by atoms with Gasteiger partial charge >= 0.3 is 12.3 Å². The highest BCUT2D eigenvalue weighted by Crippen LogP contribution is 2.32. The average molecular weight is 400 g/mol. The highest BCUT2D eigenvalue weighted by molar-refractivity contribution is 5.70. The van der Waals surface area contributed by atoms with Gasteiger partial charge in [0.2, 0.25) is 0 Å². The summed E-state index contributed by atoms with van der Waals surface area (Å²) in [4.78, 5) is 16.1. The van der Waals surface area contributed by atoms with E-state index in [1.54, 1.807) is 11.9 Å². The lowest BCUT2D eigenvalue weighted by molar-refractivity contribution is -0.137. The summed E-state index contributed by atoms with van der Waals surface area (Å²) >= 11 is 0. The molecule has 2 rings (SSSR count). The fourth-order valence-corrected chi connectivity index (χ4v) is 3.72. The molecular weight excluding hydrogens is 369 g/mol. The van der Waals surface area contributed by atoms with E-state index in [-0.39, 0.29) is 11.8 Å². The van der Waals surface area contributed by atoms with Crippen molar-refractivity contribution < 1.29 is 22.7 Å². The lowest BCUT2D eigenvalue weighted by atomic mass is 9.82. The fraction of sp³-hybridized carbons (Fsp3) is 0.667. The van der Waals surface area contributed by atoms with Crippen molar-refractivity contribution >= 4 is 6.09 Å². The van der Waals surface area contributed by atoms with Crippen molar-refractivity contribution in [2.24, 2.45) is 5.92 Å². The molecule has 0 heterocycles. The van der Waals surface area contributed by atoms with Crippen LogP contribution in [0.3, 0.4) is 0 Å². The van der Waals surface area contributed by atoms with Gasteiger partial charge < -0.3 is 14.5 Å². The van der Waals surface area contributed by atoms with E-state index in [9.17, 15) is 18.0 Å². The molecule has 1 amide bonds. The molecule has 158 valence electrons. The Balaban J connectivity index is 1.75. The van der Waals surface area contributed by atoms with E-state index < -0.39 is 17.8 Å². The minimum atomic E-state index is -4.40. The number of nitrogens with zero attached hydrogens (tertiary/aromatic N) is 2. The van der Waals surface area contributed by atoms with Crippen LogP contribution in [0.4, 0.5) is 18.0 Å². The van der Waals surface area contributed by atoms with E-state index in [2.05, 4.69) is 19.0 Å². The molecule has 7 heteroatoms. The second-order valence-electron chi connectivity index (χ2n) is 7.97. The van der Waals surface area contributed by atoms with Crippen molar-refractivity contribution in [1.29, 1.82) is 0 Å². The van der Waals surface area contributed by atoms with Crippen LogP contribution in [0.2, 0.25) is 0 Å². The number of amides is 1. The number of hydrogen-bond donors (Lipinski definition) is 0. The lowest BCUT2D eigenvalue weighted by Gasteiger charge is -2.34. The summed E-state index contributed by atoms with van der Waals surface area (Å²) in [5, 5.41) is 0. The molecule has 1 aromatic carbocycles. The van der Waals surface area contributed by atoms with E-state index in [0.717, 1.165) is 50.3 Å². The molecule has 1 aromatic rings. The average Bonchev–Trinajstić information content (AvgIpc) is 2.64. The van der Waals surface area contributed by atoms with Gasteiger partial charge in [0.05, 0.1) is 5.56 Å². The number of carbonyl (C=O) groups is 1. The molecule has 0 atom stereocenters. The molecule has 0 spiro atoms. The molecule has 0 saturated heterocycles. The number of alkyl halides is 3. The summed E-state index contributed by atoms with van der Waals surface area (Å²) in [6.45, 7) is 1.12. The van der Waals surface area contributed by atoms with Crippen LogP contribution >= 0.6 is 0 Å². The monoisotopic (exact) mass is 400 g/mol. The van der Waals surface area contributed by atoms with Gasteiger partial charge in [0.1, 0.15) is 5.75 Å². The number of rotatable bonds is 7. The Morgan fingerprint density at radius 1 is 1.04 bits per heavy atom. The van der Waals surface area contributed by atoms with Crippen molar-refractivity contribution in [3.8, 4) is 5.75 Å². The van der Waals surface area contributed by atoms with E-state index in [1.807, 2.05) is 0 Å². The van der Waals surface area contributed by atoms with Crippen LogP contribution < -0.4 is 4.74 Å². The van der Waals surface area contributed by atoms with Crippen molar-refractivity contribution in [2.45, 2.75) is 57.2 Å². The molecule has 1 aliphatic carbocycles. The molecule has 0 radical (unpaired) electrons. The van der Waals surface area contributed by atoms with Gasteiger partial charge in [-0.15, -0.1) is 0 Å². The van der Waals surface area contributed by atoms with Crippen molar-refractivity contribution in [3.05, 3.63) is 29.8 Å². The van der Waals surface area contributed by atoms with Crippen molar-refractivity contribution in [2.75, 3.05) is 27.7 Å². The fourth-order valence-electron chi connectivity index (χ4n) is 3.72. The number of benzene rings is 1. The number of unbranched alkanes of at least 4 members (excludes halogenated alkanes) is 1. The number of halogens is 3. The Kier molecular flexibility index (Phi) is 8.16. The predicted octanol–water partition coefficient (Wildman–Crippen LogP) is 5.43. The normalized spacial score (nSPS) is 20.2. The van der Waals surface area contributed by atoms with Crippen LogP contribution in [0.15, 0.2) is 24.3 Å². The summed E-state index contributed by atoms with van der Waals surface area (Å²) in [6.07, 6.45) is 2.86. The van der Waals surface area contributed by atoms with Gasteiger partial charge in [0, 0.05) is 13.1 Å². The van der Waals surface area contributed by atoms with E-state index in [1.165, 1.54) is 31.4 Å². The minimum absolute atomic E-state index is 0.124. The van der Waals surface area contributed by atoms with Crippen LogP contribution in [0, 0.1) is 5.92 Å². The predicted molar refractivity (Wildman–Crippen MR) is 103 cm³/mol. The molecular formula is C21H31F3N2O2. The number of hydrogen-bond acceptors (Lipinski definition) is 3. The number of ether oxygens (including phenoxy) is 1. The Morgan fingerprint density at radius 2 is 1.64 bits per heavy atom. The molecule has 1 fully saturated rings. The molecule has 0 unspecified atom stereocenters. The quantitative estimate of drug-likeness (QED) is 0.573. The van der Waals surface area contributed by atoms with Crippen LogP contribution in [-0.4, -0.2) is 49.6 Å². The first-order chi connectivity index (χ1) is 13.2. The third kappa shape index (κ3) is 7.00. The van der Waals surface area contributed by atoms with Crippen LogP contribution in [0.5, 0.6) is 5.75 Å². The first-order valence-corrected chi connectivity index (χ1v) is 9.93. The SMILES string of the molecule is CN(C)CCCCC1CCC(N(C)C(=O)Oc2ccc(C(F)(F)F)cc2)CC1. The summed E-state index contributed by atoms with van der Waals surface area (Å²) < 4.78 is 43.0. The third-order valence-electron chi connectivity index (χ3n) is 5.51. The Bertz CT molecular complexity index is 609. The van der Waals surface area contributed by atoms with Gasteiger partial charge in [0.15, 0.2) is 0 Å². The molecule has 0 bridgehead atoms. The Labute approximate surface area is 165 Å². The van der Waals surface area contributed by atoms with Crippen molar-refractivity contribution in [3.63, 3.8) is 0 Å². The zero-order valence-electron chi connectivity index (χ0n) is 17.0. The molecule has 0 aliphatic heterocycles. The van der Waals surface area contributed by atoms with E-state index in [4.69, 9.17) is 4.74 Å². The highest BCUT2D eigenvalue weighted by Gasteiger charge is 2.31. The minimum Gasteiger partial charge on any atom is -0.410 e. The zero-order chi connectivity index (χ0) is 20.7. The molecule has 28 heavy (non-hydrogen) atoms.